The van der Waals surface area contributed by atoms with Crippen LogP contribution in [0.25, 0.3) is 22.3 Å². The first-order valence-corrected chi connectivity index (χ1v) is 10.1. The van der Waals surface area contributed by atoms with Gasteiger partial charge in [-0.15, -0.1) is 0 Å². The Labute approximate surface area is 176 Å². The minimum absolute atomic E-state index is 0.183. The van der Waals surface area contributed by atoms with Gasteiger partial charge >= 0.3 is 5.97 Å². The van der Waals surface area contributed by atoms with Crippen molar-refractivity contribution in [3.05, 3.63) is 90.5 Å². The van der Waals surface area contributed by atoms with Crippen molar-refractivity contribution in [3.8, 4) is 28.0 Å². The molecule has 146 valence electrons. The second-order valence-electron chi connectivity index (χ2n) is 6.99. The molecule has 0 aliphatic heterocycles. The quantitative estimate of drug-likeness (QED) is 0.258. The molecule has 0 N–H and O–H groups in total. The molecular weight excluding hydrogens is 380 g/mol. The molecule has 0 amide bonds. The van der Waals surface area contributed by atoms with Crippen LogP contribution in [0.1, 0.15) is 11.1 Å². The molecular formula is C25H22O3S. The molecule has 1 unspecified atom stereocenters. The van der Waals surface area contributed by atoms with Crippen LogP contribution in [0.15, 0.2) is 79.4 Å². The van der Waals surface area contributed by atoms with Crippen LogP contribution in [0.5, 0.6) is 5.75 Å². The Morgan fingerprint density at radius 1 is 0.966 bits per heavy atom. The summed E-state index contributed by atoms with van der Waals surface area (Å²) in [4.78, 5) is 11.1. The van der Waals surface area contributed by atoms with E-state index in [1.807, 2.05) is 12.1 Å². The van der Waals surface area contributed by atoms with E-state index in [-0.39, 0.29) is 11.9 Å². The summed E-state index contributed by atoms with van der Waals surface area (Å²) in [5.74, 6) is 0.310. The highest BCUT2D eigenvalue weighted by atomic mass is 32.1. The van der Waals surface area contributed by atoms with Crippen LogP contribution < -0.4 is 4.74 Å². The van der Waals surface area contributed by atoms with Gasteiger partial charge in [0.25, 0.3) is 0 Å². The van der Waals surface area contributed by atoms with Gasteiger partial charge in [-0.3, -0.25) is 0 Å². The summed E-state index contributed by atoms with van der Waals surface area (Å²) in [5, 5.41) is -0.200. The molecule has 0 bridgehead atoms. The van der Waals surface area contributed by atoms with Gasteiger partial charge in [0.05, 0.1) is 5.25 Å². The Morgan fingerprint density at radius 2 is 1.69 bits per heavy atom. The van der Waals surface area contributed by atoms with Crippen LogP contribution in [0.4, 0.5) is 0 Å². The number of ether oxygens (including phenoxy) is 2. The highest BCUT2D eigenvalue weighted by molar-refractivity contribution is 7.81. The van der Waals surface area contributed by atoms with Gasteiger partial charge in [0, 0.05) is 6.08 Å². The zero-order valence-electron chi connectivity index (χ0n) is 16.0. The number of esters is 1. The number of rotatable bonds is 7. The van der Waals surface area contributed by atoms with E-state index in [2.05, 4.69) is 73.8 Å². The Balaban J connectivity index is 1.44. The Kier molecular flexibility index (Phi) is 5.72. The number of hydrogen-bond acceptors (Lipinski definition) is 4. The Bertz CT molecular complexity index is 1040. The number of carbonyl (C=O) groups is 1. The normalized spacial score (nSPS) is 12.6. The molecule has 0 radical (unpaired) electrons. The molecule has 0 fully saturated rings. The monoisotopic (exact) mass is 402 g/mol. The number of hydrogen-bond donors (Lipinski definition) is 1. The molecule has 0 heterocycles. The molecule has 4 rings (SSSR count). The standard InChI is InChI=1S/C25H22O3S/c1-2-25(26)28-16-20(29)15-27-19-12-10-17(11-13-19)21-8-5-9-23-22-7-4-3-6-18(22)14-24(21)23/h2-13,20,29H,1,14-16H2. The summed E-state index contributed by atoms with van der Waals surface area (Å²) >= 11 is 4.38. The van der Waals surface area contributed by atoms with E-state index in [4.69, 9.17) is 9.47 Å². The van der Waals surface area contributed by atoms with Crippen LogP contribution in [-0.2, 0) is 16.0 Å². The van der Waals surface area contributed by atoms with Crippen LogP contribution in [-0.4, -0.2) is 24.4 Å². The van der Waals surface area contributed by atoms with E-state index in [1.165, 1.54) is 33.4 Å². The van der Waals surface area contributed by atoms with Gasteiger partial charge in [0.15, 0.2) is 0 Å². The van der Waals surface area contributed by atoms with Gasteiger partial charge in [0.2, 0.25) is 0 Å². The van der Waals surface area contributed by atoms with Crippen molar-refractivity contribution in [2.24, 2.45) is 0 Å². The Hall–Kier alpha value is -2.98. The maximum absolute atomic E-state index is 11.1. The molecule has 0 saturated heterocycles. The summed E-state index contributed by atoms with van der Waals surface area (Å²) in [6.07, 6.45) is 2.10. The van der Waals surface area contributed by atoms with Crippen molar-refractivity contribution in [2.45, 2.75) is 11.7 Å². The highest BCUT2D eigenvalue weighted by Gasteiger charge is 2.20. The van der Waals surface area contributed by atoms with E-state index >= 15 is 0 Å². The summed E-state index contributed by atoms with van der Waals surface area (Å²) in [6, 6.07) is 23.2. The Morgan fingerprint density at radius 3 is 2.48 bits per heavy atom. The summed E-state index contributed by atoms with van der Waals surface area (Å²) in [6.45, 7) is 3.90. The maximum atomic E-state index is 11.1. The van der Waals surface area contributed by atoms with E-state index in [0.29, 0.717) is 6.61 Å². The fourth-order valence-electron chi connectivity index (χ4n) is 3.64. The third-order valence-corrected chi connectivity index (χ3v) is 5.34. The fourth-order valence-corrected chi connectivity index (χ4v) is 3.79. The van der Waals surface area contributed by atoms with Gasteiger partial charge in [-0.25, -0.2) is 4.79 Å². The first kappa shape index (κ1) is 19.3. The predicted molar refractivity (Wildman–Crippen MR) is 120 cm³/mol. The van der Waals surface area contributed by atoms with Gasteiger partial charge in [-0.1, -0.05) is 61.2 Å². The molecule has 1 aliphatic carbocycles. The van der Waals surface area contributed by atoms with Crippen molar-refractivity contribution < 1.29 is 14.3 Å². The first-order chi connectivity index (χ1) is 14.2. The molecule has 29 heavy (non-hydrogen) atoms. The van der Waals surface area contributed by atoms with Gasteiger partial charge < -0.3 is 9.47 Å². The molecule has 1 atom stereocenters. The van der Waals surface area contributed by atoms with Crippen LogP contribution >= 0.6 is 12.6 Å². The lowest BCUT2D eigenvalue weighted by molar-refractivity contribution is -0.137. The van der Waals surface area contributed by atoms with Crippen LogP contribution in [0, 0.1) is 0 Å². The molecule has 3 nitrogen and oxygen atoms in total. The average Bonchev–Trinajstić information content (AvgIpc) is 3.15. The van der Waals surface area contributed by atoms with Crippen molar-refractivity contribution in [3.63, 3.8) is 0 Å². The van der Waals surface area contributed by atoms with E-state index in [0.717, 1.165) is 18.2 Å². The SMILES string of the molecule is C=CC(=O)OCC(S)COc1ccc(-c2cccc3c2Cc2ccccc2-3)cc1. The number of carbonyl (C=O) groups excluding carboxylic acids is 1. The highest BCUT2D eigenvalue weighted by Crippen LogP contribution is 2.41. The van der Waals surface area contributed by atoms with E-state index in [1.54, 1.807) is 0 Å². The largest absolute Gasteiger partial charge is 0.492 e. The van der Waals surface area contributed by atoms with Gasteiger partial charge in [-0.2, -0.15) is 12.6 Å². The van der Waals surface area contributed by atoms with Gasteiger partial charge in [-0.05, 0) is 51.9 Å². The van der Waals surface area contributed by atoms with Gasteiger partial charge in [0.1, 0.15) is 19.0 Å². The fraction of sp³-hybridized carbons (Fsp3) is 0.160. The molecule has 4 heteroatoms. The summed E-state index contributed by atoms with van der Waals surface area (Å²) < 4.78 is 10.7. The van der Waals surface area contributed by atoms with E-state index in [9.17, 15) is 4.79 Å². The minimum atomic E-state index is -0.453. The number of thiol groups is 1. The van der Waals surface area contributed by atoms with Crippen molar-refractivity contribution in [1.82, 2.24) is 0 Å². The summed E-state index contributed by atoms with van der Waals surface area (Å²) in [5.41, 5.74) is 7.85. The van der Waals surface area contributed by atoms with Crippen molar-refractivity contribution >= 4 is 18.6 Å². The summed E-state index contributed by atoms with van der Waals surface area (Å²) in [7, 11) is 0. The smallest absolute Gasteiger partial charge is 0.330 e. The topological polar surface area (TPSA) is 35.5 Å². The average molecular weight is 403 g/mol. The predicted octanol–water partition coefficient (Wildman–Crippen LogP) is 5.33. The second-order valence-corrected chi connectivity index (χ2v) is 7.72. The van der Waals surface area contributed by atoms with Crippen LogP contribution in [0.3, 0.4) is 0 Å². The molecule has 0 saturated carbocycles. The number of benzene rings is 3. The van der Waals surface area contributed by atoms with E-state index < -0.39 is 5.97 Å². The molecule has 3 aromatic rings. The zero-order valence-corrected chi connectivity index (χ0v) is 16.9. The third kappa shape index (κ3) is 4.22. The minimum Gasteiger partial charge on any atom is -0.492 e. The van der Waals surface area contributed by atoms with Crippen LogP contribution in [0.2, 0.25) is 0 Å². The molecule has 0 aromatic heterocycles. The lowest BCUT2D eigenvalue weighted by Gasteiger charge is -2.13. The van der Waals surface area contributed by atoms with Crippen molar-refractivity contribution in [2.75, 3.05) is 13.2 Å². The molecule has 3 aromatic carbocycles. The zero-order chi connectivity index (χ0) is 20.2. The third-order valence-electron chi connectivity index (χ3n) is 5.04. The second kappa shape index (κ2) is 8.58. The molecule has 0 spiro atoms. The first-order valence-electron chi connectivity index (χ1n) is 9.56. The lowest BCUT2D eigenvalue weighted by Crippen LogP contribution is -2.20. The maximum Gasteiger partial charge on any atom is 0.330 e. The van der Waals surface area contributed by atoms with Crippen molar-refractivity contribution in [1.29, 1.82) is 0 Å². The lowest BCUT2D eigenvalue weighted by atomic mass is 9.96. The molecule has 1 aliphatic rings. The number of fused-ring (bicyclic) bond motifs is 3.